The first-order valence-electron chi connectivity index (χ1n) is 11.0. The summed E-state index contributed by atoms with van der Waals surface area (Å²) in [5.41, 5.74) is 1.68. The normalized spacial score (nSPS) is 21.7. The zero-order valence-corrected chi connectivity index (χ0v) is 18.2. The summed E-state index contributed by atoms with van der Waals surface area (Å²) in [4.78, 5) is 29.4. The Morgan fingerprint density at radius 2 is 1.81 bits per heavy atom. The molecule has 2 fully saturated rings. The Hall–Kier alpha value is -2.83. The Morgan fingerprint density at radius 1 is 1.09 bits per heavy atom. The zero-order valence-electron chi connectivity index (χ0n) is 18.2. The minimum absolute atomic E-state index is 0.0146. The van der Waals surface area contributed by atoms with E-state index in [1.54, 1.807) is 15.9 Å². The van der Waals surface area contributed by atoms with E-state index in [0.29, 0.717) is 19.6 Å². The fourth-order valence-electron chi connectivity index (χ4n) is 5.05. The van der Waals surface area contributed by atoms with Gasteiger partial charge in [-0.25, -0.2) is 0 Å². The summed E-state index contributed by atoms with van der Waals surface area (Å²) < 4.78 is 39.8. The van der Waals surface area contributed by atoms with E-state index in [2.05, 4.69) is 0 Å². The van der Waals surface area contributed by atoms with Crippen molar-refractivity contribution in [2.75, 3.05) is 19.6 Å². The van der Waals surface area contributed by atoms with Gasteiger partial charge in [-0.1, -0.05) is 48.0 Å². The number of aryl methyl sites for hydroxylation is 1. The number of carbonyl (C=O) groups is 2. The molecule has 0 aliphatic carbocycles. The van der Waals surface area contributed by atoms with Crippen LogP contribution in [0.5, 0.6) is 0 Å². The van der Waals surface area contributed by atoms with Crippen LogP contribution in [-0.4, -0.2) is 41.2 Å². The van der Waals surface area contributed by atoms with Crippen molar-refractivity contribution < 1.29 is 22.8 Å². The Bertz CT molecular complexity index is 1010. The van der Waals surface area contributed by atoms with E-state index in [1.165, 1.54) is 12.1 Å². The molecule has 2 atom stereocenters. The fourth-order valence-corrected chi connectivity index (χ4v) is 5.05. The maximum absolute atomic E-state index is 13.3. The number of likely N-dealkylation sites (tertiary alicyclic amines) is 2. The maximum Gasteiger partial charge on any atom is 0.416 e. The summed E-state index contributed by atoms with van der Waals surface area (Å²) in [6, 6.07) is 13.2. The molecule has 2 aromatic carbocycles. The van der Waals surface area contributed by atoms with Crippen molar-refractivity contribution in [1.82, 2.24) is 9.80 Å². The fraction of sp³-hybridized carbons (Fsp3) is 0.440. The van der Waals surface area contributed by atoms with Crippen LogP contribution in [0.2, 0.25) is 0 Å². The van der Waals surface area contributed by atoms with Crippen LogP contribution < -0.4 is 0 Å². The van der Waals surface area contributed by atoms with Crippen LogP contribution in [0, 0.1) is 18.8 Å². The second-order valence-corrected chi connectivity index (χ2v) is 8.82. The lowest BCUT2D eigenvalue weighted by atomic mass is 9.86. The Kier molecular flexibility index (Phi) is 6.01. The third-order valence-corrected chi connectivity index (χ3v) is 6.57. The number of nitrogens with zero attached hydrogens (tertiary/aromatic N) is 2. The summed E-state index contributed by atoms with van der Waals surface area (Å²) in [7, 11) is 0. The van der Waals surface area contributed by atoms with Gasteiger partial charge in [0.25, 0.3) is 0 Å². The lowest BCUT2D eigenvalue weighted by molar-refractivity contribution is -0.144. The molecule has 4 nitrogen and oxygen atoms in total. The minimum atomic E-state index is -4.38. The molecule has 0 radical (unpaired) electrons. The van der Waals surface area contributed by atoms with E-state index < -0.39 is 17.7 Å². The van der Waals surface area contributed by atoms with E-state index >= 15 is 0 Å². The van der Waals surface area contributed by atoms with Gasteiger partial charge in [0.2, 0.25) is 11.8 Å². The van der Waals surface area contributed by atoms with Gasteiger partial charge in [0.15, 0.2) is 0 Å². The van der Waals surface area contributed by atoms with E-state index in [-0.39, 0.29) is 42.2 Å². The number of rotatable bonds is 5. The van der Waals surface area contributed by atoms with Crippen molar-refractivity contribution in [3.8, 4) is 0 Å². The SMILES string of the molecule is CCN1C(=O)CC(C(=O)N2CC(Cc3ccccc3C(F)(F)F)C2)C1c1cccc(C)c1. The van der Waals surface area contributed by atoms with Crippen molar-refractivity contribution in [1.29, 1.82) is 0 Å². The average Bonchev–Trinajstić information content (AvgIpc) is 3.05. The number of hydrogen-bond acceptors (Lipinski definition) is 2. The van der Waals surface area contributed by atoms with Gasteiger partial charge in [-0.15, -0.1) is 0 Å². The van der Waals surface area contributed by atoms with Crippen LogP contribution in [-0.2, 0) is 22.2 Å². The smallest absolute Gasteiger partial charge is 0.342 e. The quantitative estimate of drug-likeness (QED) is 0.675. The monoisotopic (exact) mass is 444 g/mol. The first-order valence-corrected chi connectivity index (χ1v) is 11.0. The molecular weight excluding hydrogens is 417 g/mol. The largest absolute Gasteiger partial charge is 0.416 e. The standard InChI is InChI=1S/C25H27F3N2O2/c1-3-30-22(31)13-20(23(30)19-9-6-7-16(2)11-19)24(32)29-14-17(15-29)12-18-8-4-5-10-21(18)25(26,27)28/h4-11,17,20,23H,3,12-15H2,1-2H3. The van der Waals surface area contributed by atoms with Gasteiger partial charge in [-0.3, -0.25) is 9.59 Å². The van der Waals surface area contributed by atoms with E-state index in [1.807, 2.05) is 38.1 Å². The Morgan fingerprint density at radius 3 is 2.47 bits per heavy atom. The van der Waals surface area contributed by atoms with Crippen molar-refractivity contribution in [3.05, 3.63) is 70.8 Å². The summed E-state index contributed by atoms with van der Waals surface area (Å²) >= 11 is 0. The van der Waals surface area contributed by atoms with Crippen molar-refractivity contribution in [2.45, 2.75) is 38.9 Å². The third-order valence-electron chi connectivity index (χ3n) is 6.57. The molecule has 4 rings (SSSR count). The highest BCUT2D eigenvalue weighted by atomic mass is 19.4. The van der Waals surface area contributed by atoms with Crippen LogP contribution in [0.4, 0.5) is 13.2 Å². The van der Waals surface area contributed by atoms with Crippen molar-refractivity contribution >= 4 is 11.8 Å². The molecule has 2 heterocycles. The molecule has 2 amide bonds. The first-order chi connectivity index (χ1) is 15.2. The van der Waals surface area contributed by atoms with Crippen LogP contribution in [0.15, 0.2) is 48.5 Å². The molecule has 32 heavy (non-hydrogen) atoms. The number of amides is 2. The molecule has 0 spiro atoms. The molecule has 2 unspecified atom stereocenters. The van der Waals surface area contributed by atoms with Crippen LogP contribution in [0.1, 0.15) is 41.6 Å². The third kappa shape index (κ3) is 4.25. The summed E-state index contributed by atoms with van der Waals surface area (Å²) in [6.45, 7) is 5.25. The number of halogens is 3. The van der Waals surface area contributed by atoms with Crippen LogP contribution >= 0.6 is 0 Å². The van der Waals surface area contributed by atoms with E-state index in [9.17, 15) is 22.8 Å². The molecule has 2 aromatic rings. The predicted octanol–water partition coefficient (Wildman–Crippen LogP) is 4.62. The van der Waals surface area contributed by atoms with Gasteiger partial charge >= 0.3 is 6.18 Å². The van der Waals surface area contributed by atoms with Crippen molar-refractivity contribution in [2.24, 2.45) is 11.8 Å². The molecule has 0 bridgehead atoms. The molecule has 0 N–H and O–H groups in total. The highest BCUT2D eigenvalue weighted by Gasteiger charge is 2.47. The molecule has 0 aromatic heterocycles. The Balaban J connectivity index is 1.46. The zero-order chi connectivity index (χ0) is 23.0. The minimum Gasteiger partial charge on any atom is -0.342 e. The lowest BCUT2D eigenvalue weighted by Crippen LogP contribution is -2.53. The highest BCUT2D eigenvalue weighted by molar-refractivity contribution is 5.90. The van der Waals surface area contributed by atoms with Gasteiger partial charge in [-0.05, 0) is 43.4 Å². The molecule has 7 heteroatoms. The maximum atomic E-state index is 13.3. The number of benzene rings is 2. The number of carbonyl (C=O) groups excluding carboxylic acids is 2. The lowest BCUT2D eigenvalue weighted by Gasteiger charge is -2.42. The second-order valence-electron chi connectivity index (χ2n) is 8.82. The molecular formula is C25H27F3N2O2. The topological polar surface area (TPSA) is 40.6 Å². The van der Waals surface area contributed by atoms with E-state index in [0.717, 1.165) is 17.2 Å². The number of alkyl halides is 3. The molecule has 2 aliphatic rings. The first kappa shape index (κ1) is 22.4. The predicted molar refractivity (Wildman–Crippen MR) is 115 cm³/mol. The number of hydrogen-bond donors (Lipinski definition) is 0. The molecule has 2 saturated heterocycles. The van der Waals surface area contributed by atoms with Crippen molar-refractivity contribution in [3.63, 3.8) is 0 Å². The summed E-state index contributed by atoms with van der Waals surface area (Å²) in [5.74, 6) is -0.596. The molecule has 0 saturated carbocycles. The van der Waals surface area contributed by atoms with Crippen LogP contribution in [0.25, 0.3) is 0 Å². The molecule has 170 valence electrons. The van der Waals surface area contributed by atoms with Gasteiger partial charge < -0.3 is 9.80 Å². The van der Waals surface area contributed by atoms with Crippen LogP contribution in [0.3, 0.4) is 0 Å². The van der Waals surface area contributed by atoms with Gasteiger partial charge in [0, 0.05) is 26.1 Å². The van der Waals surface area contributed by atoms with Gasteiger partial charge in [-0.2, -0.15) is 13.2 Å². The average molecular weight is 444 g/mol. The van der Waals surface area contributed by atoms with E-state index in [4.69, 9.17) is 0 Å². The Labute approximate surface area is 186 Å². The van der Waals surface area contributed by atoms with Gasteiger partial charge in [0.05, 0.1) is 17.5 Å². The molecule has 2 aliphatic heterocycles. The highest BCUT2D eigenvalue weighted by Crippen LogP contribution is 2.41. The van der Waals surface area contributed by atoms with Gasteiger partial charge in [0.1, 0.15) is 0 Å². The summed E-state index contributed by atoms with van der Waals surface area (Å²) in [5, 5.41) is 0. The second kappa shape index (κ2) is 8.60. The summed E-state index contributed by atoms with van der Waals surface area (Å²) in [6.07, 6.45) is -3.93.